The van der Waals surface area contributed by atoms with Gasteiger partial charge < -0.3 is 14.8 Å². The first-order chi connectivity index (χ1) is 17.2. The third-order valence-electron chi connectivity index (χ3n) is 5.36. The zero-order valence-electron chi connectivity index (χ0n) is 18.7. The van der Waals surface area contributed by atoms with Crippen LogP contribution < -0.4 is 4.74 Å². The first-order valence-corrected chi connectivity index (χ1v) is 11.7. The lowest BCUT2D eigenvalue weighted by Crippen LogP contribution is -2.02. The van der Waals surface area contributed by atoms with Crippen molar-refractivity contribution >= 4 is 28.4 Å². The van der Waals surface area contributed by atoms with Crippen LogP contribution in [0.4, 0.5) is 0 Å². The fourth-order valence-corrected chi connectivity index (χ4v) is 4.54. The summed E-state index contributed by atoms with van der Waals surface area (Å²) in [7, 11) is 1.61. The van der Waals surface area contributed by atoms with Crippen LogP contribution in [0, 0.1) is 11.3 Å². The monoisotopic (exact) mass is 480 g/mol. The SMILES string of the molecule is COc1ccccc1-c1nnc(SC/C(O)=C(\C#N)c2nc3ccccc3[nH]2)n1-c1ccccc1. The van der Waals surface area contributed by atoms with Gasteiger partial charge in [0.2, 0.25) is 0 Å². The summed E-state index contributed by atoms with van der Waals surface area (Å²) in [5, 5.41) is 29.9. The minimum atomic E-state index is -0.0991. The van der Waals surface area contributed by atoms with Crippen LogP contribution >= 0.6 is 11.8 Å². The van der Waals surface area contributed by atoms with E-state index in [-0.39, 0.29) is 17.1 Å². The molecule has 9 heteroatoms. The molecule has 0 amide bonds. The number of benzene rings is 3. The molecule has 0 radical (unpaired) electrons. The Bertz CT molecular complexity index is 1530. The van der Waals surface area contributed by atoms with E-state index >= 15 is 0 Å². The minimum absolute atomic E-state index is 0.0874. The zero-order chi connectivity index (χ0) is 24.2. The van der Waals surface area contributed by atoms with Crippen LogP contribution in [-0.4, -0.2) is 42.7 Å². The number of nitrogens with one attached hydrogen (secondary N) is 1. The molecule has 2 N–H and O–H groups in total. The third kappa shape index (κ3) is 4.35. The van der Waals surface area contributed by atoms with Crippen LogP contribution in [0.25, 0.3) is 33.7 Å². The lowest BCUT2D eigenvalue weighted by atomic mass is 10.2. The smallest absolute Gasteiger partial charge is 0.196 e. The number of aromatic amines is 1. The van der Waals surface area contributed by atoms with Crippen molar-refractivity contribution in [3.63, 3.8) is 0 Å². The van der Waals surface area contributed by atoms with Crippen LogP contribution in [0.1, 0.15) is 5.82 Å². The molecule has 5 aromatic rings. The molecule has 0 aliphatic heterocycles. The van der Waals surface area contributed by atoms with E-state index in [9.17, 15) is 10.4 Å². The number of aliphatic hydroxyl groups is 1. The van der Waals surface area contributed by atoms with Crippen molar-refractivity contribution < 1.29 is 9.84 Å². The van der Waals surface area contributed by atoms with Gasteiger partial charge in [-0.05, 0) is 36.4 Å². The molecule has 3 aromatic carbocycles. The standard InChI is InChI=1S/C26H20N6O2S/c1-34-23-14-8-5-11-18(23)25-30-31-26(32(25)17-9-3-2-4-10-17)35-16-22(33)19(15-27)24-28-20-12-6-7-13-21(20)29-24/h2-14,33H,16H2,1H3,(H,28,29)/b22-19-. The number of aliphatic hydroxyl groups excluding tert-OH is 1. The summed E-state index contributed by atoms with van der Waals surface area (Å²) >= 11 is 1.27. The molecule has 0 bridgehead atoms. The number of allylic oxidation sites excluding steroid dienone is 1. The summed E-state index contributed by atoms with van der Waals surface area (Å²) in [4.78, 5) is 7.53. The first-order valence-electron chi connectivity index (χ1n) is 10.7. The van der Waals surface area contributed by atoms with Gasteiger partial charge >= 0.3 is 0 Å². The van der Waals surface area contributed by atoms with Crippen LogP contribution in [-0.2, 0) is 0 Å². The third-order valence-corrected chi connectivity index (χ3v) is 6.30. The molecule has 2 heterocycles. The number of imidazole rings is 1. The minimum Gasteiger partial charge on any atom is -0.510 e. The Morgan fingerprint density at radius 2 is 1.77 bits per heavy atom. The molecule has 0 aliphatic carbocycles. The van der Waals surface area contributed by atoms with Crippen LogP contribution in [0.5, 0.6) is 5.75 Å². The summed E-state index contributed by atoms with van der Waals surface area (Å²) in [6.45, 7) is 0. The number of methoxy groups -OCH3 is 1. The van der Waals surface area contributed by atoms with E-state index in [2.05, 4.69) is 26.2 Å². The Morgan fingerprint density at radius 1 is 1.03 bits per heavy atom. The lowest BCUT2D eigenvalue weighted by Gasteiger charge is -2.12. The number of para-hydroxylation sites is 4. The number of rotatable bonds is 7. The average molecular weight is 481 g/mol. The Balaban J connectivity index is 1.52. The Morgan fingerprint density at radius 3 is 2.54 bits per heavy atom. The van der Waals surface area contributed by atoms with E-state index in [0.29, 0.717) is 22.6 Å². The number of nitriles is 1. The Hall–Kier alpha value is -4.55. The van der Waals surface area contributed by atoms with E-state index in [4.69, 9.17) is 4.74 Å². The van der Waals surface area contributed by atoms with Gasteiger partial charge in [0.05, 0.1) is 29.5 Å². The highest BCUT2D eigenvalue weighted by atomic mass is 32.2. The molecule has 0 spiro atoms. The van der Waals surface area contributed by atoms with E-state index < -0.39 is 0 Å². The second-order valence-electron chi connectivity index (χ2n) is 7.50. The fourth-order valence-electron chi connectivity index (χ4n) is 3.71. The predicted molar refractivity (Wildman–Crippen MR) is 135 cm³/mol. The second kappa shape index (κ2) is 9.75. The number of hydrogen-bond acceptors (Lipinski definition) is 7. The van der Waals surface area contributed by atoms with Gasteiger partial charge in [-0.25, -0.2) is 4.98 Å². The van der Waals surface area contributed by atoms with E-state index in [1.54, 1.807) is 7.11 Å². The molecular weight excluding hydrogens is 460 g/mol. The topological polar surface area (TPSA) is 113 Å². The highest BCUT2D eigenvalue weighted by molar-refractivity contribution is 7.99. The summed E-state index contributed by atoms with van der Waals surface area (Å²) < 4.78 is 7.44. The molecule has 0 saturated heterocycles. The summed E-state index contributed by atoms with van der Waals surface area (Å²) in [6.07, 6.45) is 0. The van der Waals surface area contributed by atoms with Gasteiger partial charge in [-0.3, -0.25) is 4.57 Å². The van der Waals surface area contributed by atoms with Gasteiger partial charge in [0.1, 0.15) is 23.2 Å². The highest BCUT2D eigenvalue weighted by Crippen LogP contribution is 2.34. The molecule has 35 heavy (non-hydrogen) atoms. The number of H-pyrrole nitrogens is 1. The van der Waals surface area contributed by atoms with Crippen molar-refractivity contribution in [2.24, 2.45) is 0 Å². The molecule has 8 nitrogen and oxygen atoms in total. The molecule has 0 aliphatic rings. The number of ether oxygens (including phenoxy) is 1. The van der Waals surface area contributed by atoms with Crippen molar-refractivity contribution in [2.75, 3.05) is 12.9 Å². The van der Waals surface area contributed by atoms with E-state index in [0.717, 1.165) is 22.3 Å². The van der Waals surface area contributed by atoms with Gasteiger partial charge in [-0.15, -0.1) is 10.2 Å². The number of aromatic nitrogens is 5. The second-order valence-corrected chi connectivity index (χ2v) is 8.44. The van der Waals surface area contributed by atoms with Gasteiger partial charge in [0.15, 0.2) is 16.8 Å². The average Bonchev–Trinajstić information content (AvgIpc) is 3.52. The maximum Gasteiger partial charge on any atom is 0.196 e. The van der Waals surface area contributed by atoms with Gasteiger partial charge in [0, 0.05) is 5.69 Å². The molecular formula is C26H20N6O2S. The van der Waals surface area contributed by atoms with Crippen LogP contribution in [0.3, 0.4) is 0 Å². The van der Waals surface area contributed by atoms with Crippen molar-refractivity contribution in [3.8, 4) is 28.9 Å². The number of nitrogens with zero attached hydrogens (tertiary/aromatic N) is 5. The van der Waals surface area contributed by atoms with Crippen molar-refractivity contribution in [3.05, 3.63) is 90.4 Å². The molecule has 0 fully saturated rings. The number of thioether (sulfide) groups is 1. The quantitative estimate of drug-likeness (QED) is 0.182. The largest absolute Gasteiger partial charge is 0.510 e. The van der Waals surface area contributed by atoms with Gasteiger partial charge in [-0.1, -0.05) is 54.2 Å². The van der Waals surface area contributed by atoms with Crippen molar-refractivity contribution in [1.82, 2.24) is 24.7 Å². The van der Waals surface area contributed by atoms with Gasteiger partial charge in [-0.2, -0.15) is 5.26 Å². The molecule has 0 saturated carbocycles. The van der Waals surface area contributed by atoms with E-state index in [1.807, 2.05) is 83.4 Å². The van der Waals surface area contributed by atoms with Crippen LogP contribution in [0.15, 0.2) is 89.8 Å². The Labute approximate surface area is 205 Å². The zero-order valence-corrected chi connectivity index (χ0v) is 19.5. The highest BCUT2D eigenvalue weighted by Gasteiger charge is 2.20. The number of hydrogen-bond donors (Lipinski definition) is 2. The summed E-state index contributed by atoms with van der Waals surface area (Å²) in [6, 6.07) is 26.8. The first kappa shape index (κ1) is 22.3. The predicted octanol–water partition coefficient (Wildman–Crippen LogP) is 5.40. The normalized spacial score (nSPS) is 11.8. The molecule has 0 atom stereocenters. The van der Waals surface area contributed by atoms with Gasteiger partial charge in [0.25, 0.3) is 0 Å². The molecule has 2 aromatic heterocycles. The lowest BCUT2D eigenvalue weighted by molar-refractivity contribution is 0.416. The molecule has 0 unspecified atom stereocenters. The summed E-state index contributed by atoms with van der Waals surface area (Å²) in [5.41, 5.74) is 3.26. The summed E-state index contributed by atoms with van der Waals surface area (Å²) in [5.74, 6) is 1.62. The Kier molecular flexibility index (Phi) is 6.20. The van der Waals surface area contributed by atoms with Crippen molar-refractivity contribution in [1.29, 1.82) is 5.26 Å². The van der Waals surface area contributed by atoms with E-state index in [1.165, 1.54) is 11.8 Å². The van der Waals surface area contributed by atoms with Crippen LogP contribution in [0.2, 0.25) is 0 Å². The molecule has 5 rings (SSSR count). The van der Waals surface area contributed by atoms with Crippen molar-refractivity contribution in [2.45, 2.75) is 5.16 Å². The maximum atomic E-state index is 10.8. The fraction of sp³-hybridized carbons (Fsp3) is 0.0769. The molecule has 172 valence electrons. The number of fused-ring (bicyclic) bond motifs is 1. The maximum absolute atomic E-state index is 10.8.